The number of hydrogen-bond acceptors (Lipinski definition) is 5. The molecule has 7 heteroatoms. The molecule has 0 spiro atoms. The van der Waals surface area contributed by atoms with Gasteiger partial charge >= 0.3 is 0 Å². The molecule has 1 amide bonds. The third-order valence-corrected chi connectivity index (χ3v) is 6.28. The topological polar surface area (TPSA) is 76.9 Å². The van der Waals surface area contributed by atoms with E-state index in [-0.39, 0.29) is 18.0 Å². The first-order valence-electron chi connectivity index (χ1n) is 9.17. The minimum atomic E-state index is -0.280. The zero-order chi connectivity index (χ0) is 19.1. The summed E-state index contributed by atoms with van der Waals surface area (Å²) in [6.07, 6.45) is 2.96. The number of thiophene rings is 1. The fourth-order valence-electron chi connectivity index (χ4n) is 3.59. The van der Waals surface area contributed by atoms with Crippen molar-refractivity contribution >= 4 is 33.1 Å². The lowest BCUT2D eigenvalue weighted by atomic mass is 9.89. The average Bonchev–Trinajstić information content (AvgIpc) is 2.98. The molecule has 1 aromatic carbocycles. The van der Waals surface area contributed by atoms with Crippen LogP contribution in [0.2, 0.25) is 0 Å². The average molecular weight is 382 g/mol. The smallest absolute Gasteiger partial charge is 0.279 e. The van der Waals surface area contributed by atoms with Crippen LogP contribution in [0.4, 0.5) is 5.69 Å². The Kier molecular flexibility index (Phi) is 4.55. The van der Waals surface area contributed by atoms with Crippen LogP contribution in [0.5, 0.6) is 0 Å². The van der Waals surface area contributed by atoms with Crippen LogP contribution in [0, 0.1) is 19.8 Å². The highest BCUT2D eigenvalue weighted by molar-refractivity contribution is 7.18. The number of rotatable bonds is 3. The van der Waals surface area contributed by atoms with Gasteiger partial charge in [0, 0.05) is 10.6 Å². The Morgan fingerprint density at radius 1 is 1.37 bits per heavy atom. The molecule has 1 N–H and O–H groups in total. The van der Waals surface area contributed by atoms with E-state index < -0.39 is 0 Å². The van der Waals surface area contributed by atoms with Gasteiger partial charge in [-0.2, -0.15) is 0 Å². The van der Waals surface area contributed by atoms with Crippen LogP contribution < -0.4 is 10.9 Å². The van der Waals surface area contributed by atoms with Crippen LogP contribution in [0.3, 0.4) is 0 Å². The number of nitrogens with zero attached hydrogens (tertiary/aromatic N) is 3. The molecule has 2 heterocycles. The third-order valence-electron chi connectivity index (χ3n) is 5.15. The summed E-state index contributed by atoms with van der Waals surface area (Å²) in [6, 6.07) is 5.87. The highest BCUT2D eigenvalue weighted by Crippen LogP contribution is 2.35. The predicted octanol–water partition coefficient (Wildman–Crippen LogP) is 3.23. The van der Waals surface area contributed by atoms with Crippen molar-refractivity contribution in [1.29, 1.82) is 0 Å². The Hall–Kier alpha value is -2.54. The summed E-state index contributed by atoms with van der Waals surface area (Å²) >= 11 is 1.56. The Labute approximate surface area is 161 Å². The molecule has 27 heavy (non-hydrogen) atoms. The molecular weight excluding hydrogens is 360 g/mol. The lowest BCUT2D eigenvalue weighted by Gasteiger charge is -2.17. The van der Waals surface area contributed by atoms with Gasteiger partial charge in [0.2, 0.25) is 5.91 Å². The molecule has 6 nitrogen and oxygen atoms in total. The molecule has 0 bridgehead atoms. The van der Waals surface area contributed by atoms with Gasteiger partial charge in [-0.1, -0.05) is 24.3 Å². The number of hydrogen-bond donors (Lipinski definition) is 1. The maximum Gasteiger partial charge on any atom is 0.279 e. The van der Waals surface area contributed by atoms with Gasteiger partial charge in [0.05, 0.1) is 5.39 Å². The van der Waals surface area contributed by atoms with Crippen molar-refractivity contribution in [2.24, 2.45) is 5.92 Å². The van der Waals surface area contributed by atoms with Crippen LogP contribution in [-0.4, -0.2) is 20.9 Å². The number of amides is 1. The van der Waals surface area contributed by atoms with Crippen molar-refractivity contribution in [3.63, 3.8) is 0 Å². The monoisotopic (exact) mass is 382 g/mol. The molecule has 0 saturated carbocycles. The second kappa shape index (κ2) is 6.88. The number of fused-ring (bicyclic) bond motifs is 3. The standard InChI is InChI=1S/C20H22N4O2S/c1-11-4-6-13(3)15(8-11)21-17(25)10-24-20(26)18-14-7-5-12(2)9-16(14)27-19(18)22-23-24/h4,6,8,12H,5,7,9-10H2,1-3H3,(H,21,25)/t12-/m1/s1. The zero-order valence-corrected chi connectivity index (χ0v) is 16.5. The second-order valence-corrected chi connectivity index (χ2v) is 8.53. The molecule has 1 atom stereocenters. The second-order valence-electron chi connectivity index (χ2n) is 7.45. The van der Waals surface area contributed by atoms with Gasteiger partial charge in [0.25, 0.3) is 5.56 Å². The van der Waals surface area contributed by atoms with Crippen molar-refractivity contribution in [2.45, 2.75) is 46.6 Å². The molecular formula is C20H22N4O2S. The molecule has 0 unspecified atom stereocenters. The van der Waals surface area contributed by atoms with Gasteiger partial charge in [-0.25, -0.2) is 4.68 Å². The largest absolute Gasteiger partial charge is 0.324 e. The van der Waals surface area contributed by atoms with Crippen LogP contribution in [0.25, 0.3) is 10.2 Å². The highest BCUT2D eigenvalue weighted by atomic mass is 32.1. The van der Waals surface area contributed by atoms with Crippen molar-refractivity contribution in [2.75, 3.05) is 5.32 Å². The Morgan fingerprint density at radius 2 is 2.19 bits per heavy atom. The van der Waals surface area contributed by atoms with E-state index in [2.05, 4.69) is 22.6 Å². The molecule has 3 aromatic rings. The van der Waals surface area contributed by atoms with Gasteiger partial charge in [-0.05, 0) is 61.8 Å². The predicted molar refractivity (Wildman–Crippen MR) is 107 cm³/mol. The molecule has 1 aliphatic rings. The first-order valence-corrected chi connectivity index (χ1v) is 9.99. The number of carbonyl (C=O) groups is 1. The van der Waals surface area contributed by atoms with E-state index in [0.29, 0.717) is 16.1 Å². The number of anilines is 1. The van der Waals surface area contributed by atoms with Gasteiger partial charge in [-0.3, -0.25) is 9.59 Å². The third kappa shape index (κ3) is 3.39. The van der Waals surface area contributed by atoms with Gasteiger partial charge in [0.15, 0.2) is 4.83 Å². The zero-order valence-electron chi connectivity index (χ0n) is 15.7. The summed E-state index contributed by atoms with van der Waals surface area (Å²) in [5.41, 5.74) is 3.68. The van der Waals surface area contributed by atoms with Gasteiger partial charge in [0.1, 0.15) is 6.54 Å². The summed E-state index contributed by atoms with van der Waals surface area (Å²) in [6.45, 7) is 6.00. The molecule has 4 rings (SSSR count). The Bertz CT molecular complexity index is 1100. The van der Waals surface area contributed by atoms with Crippen LogP contribution in [0.15, 0.2) is 23.0 Å². The maximum absolute atomic E-state index is 12.9. The molecule has 1 aliphatic carbocycles. The van der Waals surface area contributed by atoms with Crippen molar-refractivity contribution < 1.29 is 4.79 Å². The van der Waals surface area contributed by atoms with E-state index >= 15 is 0 Å². The molecule has 0 fully saturated rings. The first kappa shape index (κ1) is 17.9. The molecule has 2 aromatic heterocycles. The van der Waals surface area contributed by atoms with Crippen LogP contribution in [0.1, 0.15) is 34.9 Å². The quantitative estimate of drug-likeness (QED) is 0.754. The molecule has 0 aliphatic heterocycles. The molecule has 0 saturated heterocycles. The van der Waals surface area contributed by atoms with Gasteiger partial charge in [-0.15, -0.1) is 16.4 Å². The minimum Gasteiger partial charge on any atom is -0.324 e. The summed E-state index contributed by atoms with van der Waals surface area (Å²) < 4.78 is 1.17. The van der Waals surface area contributed by atoms with Crippen LogP contribution >= 0.6 is 11.3 Å². The number of nitrogens with one attached hydrogen (secondary N) is 1. The summed E-state index contributed by atoms with van der Waals surface area (Å²) in [5.74, 6) is 0.348. The van der Waals surface area contributed by atoms with E-state index in [9.17, 15) is 9.59 Å². The van der Waals surface area contributed by atoms with Crippen molar-refractivity contribution in [3.05, 3.63) is 50.1 Å². The van der Waals surface area contributed by atoms with E-state index in [1.54, 1.807) is 11.3 Å². The van der Waals surface area contributed by atoms with Gasteiger partial charge < -0.3 is 5.32 Å². The Balaban J connectivity index is 1.62. The SMILES string of the molecule is Cc1ccc(C)c(NC(=O)Cn2nnc3sc4c(c3c2=O)CC[C@@H](C)C4)c1. The highest BCUT2D eigenvalue weighted by Gasteiger charge is 2.24. The fourth-order valence-corrected chi connectivity index (χ4v) is 4.91. The number of aryl methyl sites for hydroxylation is 3. The van der Waals surface area contributed by atoms with E-state index in [1.165, 1.54) is 9.56 Å². The van der Waals surface area contributed by atoms with Crippen molar-refractivity contribution in [3.8, 4) is 0 Å². The lowest BCUT2D eigenvalue weighted by molar-refractivity contribution is -0.117. The summed E-state index contributed by atoms with van der Waals surface area (Å²) in [5, 5.41) is 11.7. The van der Waals surface area contributed by atoms with Crippen LogP contribution in [-0.2, 0) is 24.2 Å². The number of aromatic nitrogens is 3. The lowest BCUT2D eigenvalue weighted by Crippen LogP contribution is -2.30. The molecule has 140 valence electrons. The van der Waals surface area contributed by atoms with E-state index in [0.717, 1.165) is 41.6 Å². The number of benzene rings is 1. The molecule has 0 radical (unpaired) electrons. The minimum absolute atomic E-state index is 0.143. The maximum atomic E-state index is 12.9. The van der Waals surface area contributed by atoms with E-state index in [1.807, 2.05) is 32.0 Å². The number of carbonyl (C=O) groups excluding carboxylic acids is 1. The van der Waals surface area contributed by atoms with E-state index in [4.69, 9.17) is 0 Å². The fraction of sp³-hybridized carbons (Fsp3) is 0.400. The normalized spacial score (nSPS) is 16.3. The Morgan fingerprint density at radius 3 is 3.00 bits per heavy atom. The first-order chi connectivity index (χ1) is 12.9. The summed E-state index contributed by atoms with van der Waals surface area (Å²) in [4.78, 5) is 27.3. The van der Waals surface area contributed by atoms with Crippen molar-refractivity contribution in [1.82, 2.24) is 15.0 Å². The summed E-state index contributed by atoms with van der Waals surface area (Å²) in [7, 11) is 0.